The molecule has 23 heavy (non-hydrogen) atoms. The molecule has 0 bridgehead atoms. The fourth-order valence-electron chi connectivity index (χ4n) is 2.30. The van der Waals surface area contributed by atoms with Gasteiger partial charge in [0.15, 0.2) is 5.96 Å². The molecule has 0 aliphatic carbocycles. The minimum Gasteiger partial charge on any atom is -0.357 e. The van der Waals surface area contributed by atoms with Gasteiger partial charge >= 0.3 is 6.18 Å². The first-order chi connectivity index (χ1) is 10.8. The number of unbranched alkanes of at least 4 members (excludes halogenated alkanes) is 1. The minimum absolute atomic E-state index is 0.0733. The number of alkyl halides is 3. The molecule has 0 aliphatic rings. The van der Waals surface area contributed by atoms with Gasteiger partial charge in [0, 0.05) is 19.5 Å². The zero-order chi connectivity index (χ0) is 17.3. The number of rotatable bonds is 7. The van der Waals surface area contributed by atoms with E-state index < -0.39 is 12.6 Å². The molecule has 0 heterocycles. The summed E-state index contributed by atoms with van der Waals surface area (Å²) in [5.74, 6) is 0.635. The molecule has 0 aromatic heterocycles. The van der Waals surface area contributed by atoms with Gasteiger partial charge in [-0.1, -0.05) is 24.3 Å². The van der Waals surface area contributed by atoms with E-state index in [-0.39, 0.29) is 12.5 Å². The van der Waals surface area contributed by atoms with Crippen LogP contribution in [0.3, 0.4) is 0 Å². The van der Waals surface area contributed by atoms with Gasteiger partial charge in [-0.25, -0.2) is 0 Å². The highest BCUT2D eigenvalue weighted by molar-refractivity contribution is 5.80. The molecule has 0 aliphatic heterocycles. The molecule has 130 valence electrons. The van der Waals surface area contributed by atoms with Crippen molar-refractivity contribution in [1.29, 1.82) is 0 Å². The van der Waals surface area contributed by atoms with E-state index in [9.17, 15) is 13.2 Å². The van der Waals surface area contributed by atoms with E-state index in [1.807, 2.05) is 26.0 Å². The van der Waals surface area contributed by atoms with E-state index in [1.165, 1.54) is 11.1 Å². The van der Waals surface area contributed by atoms with E-state index in [1.54, 1.807) is 0 Å². The second-order valence-corrected chi connectivity index (χ2v) is 5.56. The number of nitrogens with zero attached hydrogens (tertiary/aromatic N) is 1. The van der Waals surface area contributed by atoms with Gasteiger partial charge in [-0.05, 0) is 44.7 Å². The third kappa shape index (κ3) is 7.90. The molecule has 3 nitrogen and oxygen atoms in total. The summed E-state index contributed by atoms with van der Waals surface area (Å²) >= 11 is 0. The van der Waals surface area contributed by atoms with Gasteiger partial charge in [0.05, 0.1) is 6.04 Å². The molecule has 0 spiro atoms. The van der Waals surface area contributed by atoms with Crippen LogP contribution in [0.15, 0.2) is 29.3 Å². The Kier molecular flexibility index (Phi) is 7.92. The van der Waals surface area contributed by atoms with Crippen LogP contribution in [0.4, 0.5) is 13.2 Å². The lowest BCUT2D eigenvalue weighted by Gasteiger charge is -2.19. The Balaban J connectivity index is 2.53. The fourth-order valence-corrected chi connectivity index (χ4v) is 2.30. The smallest absolute Gasteiger partial charge is 0.357 e. The molecule has 2 N–H and O–H groups in total. The Morgan fingerprint density at radius 3 is 2.52 bits per heavy atom. The molecule has 0 fully saturated rings. The molecular formula is C17H26F3N3. The number of hydrogen-bond donors (Lipinski definition) is 2. The van der Waals surface area contributed by atoms with Crippen LogP contribution in [-0.4, -0.2) is 25.2 Å². The van der Waals surface area contributed by atoms with Crippen molar-refractivity contribution >= 4 is 5.96 Å². The lowest BCUT2D eigenvalue weighted by molar-refractivity contribution is -0.135. The summed E-state index contributed by atoms with van der Waals surface area (Å²) in [4.78, 5) is 4.36. The lowest BCUT2D eigenvalue weighted by atomic mass is 10.0. The highest BCUT2D eigenvalue weighted by atomic mass is 19.4. The van der Waals surface area contributed by atoms with E-state index in [2.05, 4.69) is 34.7 Å². The standard InChI is InChI=1S/C17H26F3N3/c1-4-21-16(22-12-8-7-11-17(18,19)20)23-14(3)15-10-6-5-9-13(15)2/h5-6,9-10,14H,4,7-8,11-12H2,1-3H3,(H2,21,22,23). The Labute approximate surface area is 136 Å². The third-order valence-electron chi connectivity index (χ3n) is 3.49. The largest absolute Gasteiger partial charge is 0.389 e. The Bertz CT molecular complexity index is 498. The zero-order valence-corrected chi connectivity index (χ0v) is 14.0. The highest BCUT2D eigenvalue weighted by Crippen LogP contribution is 2.22. The minimum atomic E-state index is -4.08. The summed E-state index contributed by atoms with van der Waals surface area (Å²) in [7, 11) is 0. The molecule has 1 atom stereocenters. The predicted octanol–water partition coefficient (Wildman–Crippen LogP) is 4.34. The average Bonchev–Trinajstić information content (AvgIpc) is 2.46. The van der Waals surface area contributed by atoms with Gasteiger partial charge in [-0.2, -0.15) is 13.2 Å². The van der Waals surface area contributed by atoms with Crippen LogP contribution in [0.25, 0.3) is 0 Å². The van der Waals surface area contributed by atoms with Gasteiger partial charge in [-0.15, -0.1) is 0 Å². The van der Waals surface area contributed by atoms with Crippen LogP contribution in [0, 0.1) is 6.92 Å². The Morgan fingerprint density at radius 2 is 1.91 bits per heavy atom. The molecule has 6 heteroatoms. The molecule has 0 saturated heterocycles. The van der Waals surface area contributed by atoms with Gasteiger partial charge in [0.2, 0.25) is 0 Å². The summed E-state index contributed by atoms with van der Waals surface area (Å²) in [6, 6.07) is 8.16. The van der Waals surface area contributed by atoms with E-state index in [4.69, 9.17) is 0 Å². The molecule has 1 rings (SSSR count). The van der Waals surface area contributed by atoms with Crippen molar-refractivity contribution in [2.75, 3.05) is 13.1 Å². The van der Waals surface area contributed by atoms with Crippen LogP contribution in [0.5, 0.6) is 0 Å². The van der Waals surface area contributed by atoms with Crippen LogP contribution < -0.4 is 10.6 Å². The first kappa shape index (κ1) is 19.3. The second-order valence-electron chi connectivity index (χ2n) is 5.56. The number of nitrogens with one attached hydrogen (secondary N) is 2. The topological polar surface area (TPSA) is 36.4 Å². The molecular weight excluding hydrogens is 303 g/mol. The number of benzene rings is 1. The molecule has 1 aromatic rings. The van der Waals surface area contributed by atoms with E-state index in [0.29, 0.717) is 25.5 Å². The normalized spacial score (nSPS) is 13.7. The van der Waals surface area contributed by atoms with Gasteiger partial charge in [0.25, 0.3) is 0 Å². The molecule has 0 saturated carbocycles. The molecule has 0 amide bonds. The lowest BCUT2D eigenvalue weighted by Crippen LogP contribution is -2.39. The number of halogens is 3. The maximum atomic E-state index is 12.1. The Morgan fingerprint density at radius 1 is 1.22 bits per heavy atom. The number of aliphatic imine (C=N–C) groups is 1. The second kappa shape index (κ2) is 9.43. The molecule has 1 aromatic carbocycles. The van der Waals surface area contributed by atoms with Crippen molar-refractivity contribution in [3.8, 4) is 0 Å². The van der Waals surface area contributed by atoms with Crippen LogP contribution in [0.2, 0.25) is 0 Å². The van der Waals surface area contributed by atoms with Crippen molar-refractivity contribution in [2.45, 2.75) is 52.3 Å². The SMILES string of the molecule is CCNC(=NCCCCC(F)(F)F)NC(C)c1ccccc1C. The van der Waals surface area contributed by atoms with Crippen molar-refractivity contribution in [3.63, 3.8) is 0 Å². The number of hydrogen-bond acceptors (Lipinski definition) is 1. The highest BCUT2D eigenvalue weighted by Gasteiger charge is 2.25. The molecule has 0 radical (unpaired) electrons. The molecule has 1 unspecified atom stereocenters. The quantitative estimate of drug-likeness (QED) is 0.443. The Hall–Kier alpha value is -1.72. The van der Waals surface area contributed by atoms with Gasteiger partial charge < -0.3 is 10.6 Å². The third-order valence-corrected chi connectivity index (χ3v) is 3.49. The van der Waals surface area contributed by atoms with E-state index in [0.717, 1.165) is 0 Å². The van der Waals surface area contributed by atoms with Crippen molar-refractivity contribution in [2.24, 2.45) is 4.99 Å². The van der Waals surface area contributed by atoms with Crippen molar-refractivity contribution in [3.05, 3.63) is 35.4 Å². The maximum absolute atomic E-state index is 12.1. The number of aryl methyl sites for hydroxylation is 1. The van der Waals surface area contributed by atoms with Gasteiger partial charge in [0.1, 0.15) is 0 Å². The van der Waals surface area contributed by atoms with Gasteiger partial charge in [-0.3, -0.25) is 4.99 Å². The zero-order valence-electron chi connectivity index (χ0n) is 14.0. The maximum Gasteiger partial charge on any atom is 0.389 e. The van der Waals surface area contributed by atoms with Crippen LogP contribution in [0.1, 0.15) is 50.3 Å². The first-order valence-electron chi connectivity index (χ1n) is 8.00. The van der Waals surface area contributed by atoms with Crippen LogP contribution >= 0.6 is 0 Å². The van der Waals surface area contributed by atoms with E-state index >= 15 is 0 Å². The summed E-state index contributed by atoms with van der Waals surface area (Å²) in [5.41, 5.74) is 2.36. The number of guanidine groups is 1. The van der Waals surface area contributed by atoms with Crippen molar-refractivity contribution < 1.29 is 13.2 Å². The first-order valence-corrected chi connectivity index (χ1v) is 8.00. The fraction of sp³-hybridized carbons (Fsp3) is 0.588. The average molecular weight is 329 g/mol. The summed E-state index contributed by atoms with van der Waals surface area (Å²) in [5, 5.41) is 6.43. The summed E-state index contributed by atoms with van der Waals surface area (Å²) in [6.45, 7) is 7.13. The van der Waals surface area contributed by atoms with Crippen LogP contribution in [-0.2, 0) is 0 Å². The summed E-state index contributed by atoms with van der Waals surface area (Å²) in [6.07, 6.45) is -4.29. The predicted molar refractivity (Wildman–Crippen MR) is 88.6 cm³/mol. The summed E-state index contributed by atoms with van der Waals surface area (Å²) < 4.78 is 36.3. The van der Waals surface area contributed by atoms with Crippen molar-refractivity contribution in [1.82, 2.24) is 10.6 Å². The monoisotopic (exact) mass is 329 g/mol.